The topological polar surface area (TPSA) is 73.0 Å². The summed E-state index contributed by atoms with van der Waals surface area (Å²) in [7, 11) is 90.5. The first-order valence-corrected chi connectivity index (χ1v) is 38.2. The third kappa shape index (κ3) is 405. The van der Waals surface area contributed by atoms with Crippen molar-refractivity contribution in [2.24, 2.45) is 0 Å². The normalized spacial score (nSPS) is 20.2. The molecule has 2 nitrogen and oxygen atoms in total. The minimum Gasteiger partial charge on any atom is -0.369 e. The van der Waals surface area contributed by atoms with Gasteiger partial charge in [0.1, 0.15) is 0 Å². The monoisotopic (exact) mass is 1180 g/mol. The van der Waals surface area contributed by atoms with Crippen LogP contribution < -0.4 is 12.3 Å². The van der Waals surface area contributed by atoms with Crippen molar-refractivity contribution < 1.29 is 42.0 Å². The molecular formula is H8Cl18N2Pd3Pt. The SMILES string of the molecule is [Cl][Pd-2]([Cl])([Cl])([Cl])([Cl])[Cl].[Cl][Pd-2]([Cl])([Cl])([Cl])([Cl])[Cl].[Cl][Pd-2]([Cl])([Cl])([Cl])([Cl])[Cl].[NH4+].[NH4+].[Pt+4]. The van der Waals surface area contributed by atoms with Crippen molar-refractivity contribution in [3.05, 3.63) is 0 Å². The van der Waals surface area contributed by atoms with Crippen LogP contribution in [-0.2, 0) is 42.0 Å². The van der Waals surface area contributed by atoms with E-state index in [1.807, 2.05) is 0 Å². The summed E-state index contributed by atoms with van der Waals surface area (Å²) in [5, 5.41) is 0. The summed E-state index contributed by atoms with van der Waals surface area (Å²) in [5.41, 5.74) is 0. The zero-order valence-corrected chi connectivity index (χ0v) is 30.6. The average Bonchev–Trinajstić information content (AvgIpc) is 1.19. The summed E-state index contributed by atoms with van der Waals surface area (Å²) < 4.78 is 0. The number of hydrogen-bond acceptors (Lipinski definition) is 0. The first kappa shape index (κ1) is 45.3. The van der Waals surface area contributed by atoms with Gasteiger partial charge >= 0.3 is 214 Å². The molecule has 0 rings (SSSR count). The van der Waals surface area contributed by atoms with Crippen LogP contribution in [0.25, 0.3) is 0 Å². The van der Waals surface area contributed by atoms with Crippen LogP contribution in [0.5, 0.6) is 0 Å². The van der Waals surface area contributed by atoms with Crippen molar-refractivity contribution in [3.63, 3.8) is 0 Å². The third-order valence-electron chi connectivity index (χ3n) is 0. The minimum atomic E-state index is -5.08. The van der Waals surface area contributed by atoms with E-state index in [1.165, 1.54) is 0 Å². The largest absolute Gasteiger partial charge is 4.00 e. The Morgan fingerprint density at radius 2 is 0.250 bits per heavy atom. The van der Waals surface area contributed by atoms with Crippen LogP contribution >= 0.6 is 172 Å². The Labute approximate surface area is 220 Å². The Balaban J connectivity index is -0.0000000476. The first-order chi connectivity index (χ1) is 7.35. The number of rotatable bonds is 0. The molecule has 24 heteroatoms. The van der Waals surface area contributed by atoms with Crippen molar-refractivity contribution in [2.75, 3.05) is 0 Å². The fraction of sp³-hybridized carbons (Fsp3) is 0. The molecule has 0 bridgehead atoms. The van der Waals surface area contributed by atoms with Crippen LogP contribution in [-0.4, -0.2) is 0 Å². The van der Waals surface area contributed by atoms with Crippen molar-refractivity contribution >= 4 is 172 Å². The molecule has 0 aliphatic rings. The summed E-state index contributed by atoms with van der Waals surface area (Å²) in [6.45, 7) is -15.2. The van der Waals surface area contributed by atoms with Gasteiger partial charge in [-0.15, -0.1) is 0 Å². The molecule has 0 heterocycles. The van der Waals surface area contributed by atoms with E-state index in [1.54, 1.807) is 0 Å². The van der Waals surface area contributed by atoms with Gasteiger partial charge in [-0.1, -0.05) is 0 Å². The maximum atomic E-state index is 5.03. The van der Waals surface area contributed by atoms with E-state index < -0.39 is 20.9 Å². The minimum absolute atomic E-state index is 0. The summed E-state index contributed by atoms with van der Waals surface area (Å²) in [4.78, 5) is 0. The van der Waals surface area contributed by atoms with Gasteiger partial charge in [-0.05, 0) is 0 Å². The van der Waals surface area contributed by atoms with E-state index in [2.05, 4.69) is 0 Å². The maximum Gasteiger partial charge on any atom is 4.00 e. The third-order valence-corrected chi connectivity index (χ3v) is 0. The molecule has 0 saturated carbocycles. The zero-order chi connectivity index (χ0) is 19.2. The van der Waals surface area contributed by atoms with Gasteiger partial charge in [-0.25, -0.2) is 0 Å². The summed E-state index contributed by atoms with van der Waals surface area (Å²) in [5.74, 6) is 0. The van der Waals surface area contributed by atoms with Crippen molar-refractivity contribution in [1.29, 1.82) is 0 Å². The van der Waals surface area contributed by atoms with E-state index >= 15 is 0 Å². The summed E-state index contributed by atoms with van der Waals surface area (Å²) >= 11 is 0. The first-order valence-electron chi connectivity index (χ1n) is 2.15. The molecule has 184 valence electrons. The molecule has 0 fully saturated rings. The Hall–Kier alpha value is 7.82. The number of halogens is 18. The van der Waals surface area contributed by atoms with Gasteiger partial charge in [0, 0.05) is 0 Å². The van der Waals surface area contributed by atoms with Gasteiger partial charge in [-0.3, -0.25) is 0 Å². The van der Waals surface area contributed by atoms with Crippen molar-refractivity contribution in [3.8, 4) is 0 Å². The number of hydrogen-bond donors (Lipinski definition) is 2. The van der Waals surface area contributed by atoms with E-state index in [4.69, 9.17) is 172 Å². The van der Waals surface area contributed by atoms with E-state index in [0.29, 0.717) is 0 Å². The standard InChI is InChI=1S/18ClH.2H3N.3Pd.Pt/h18*1H;2*1H3;;;;/q;;;;;;;;;;;;;;;;;;;;4*+4/p-16. The van der Waals surface area contributed by atoms with E-state index in [0.717, 1.165) is 0 Å². The molecule has 0 amide bonds. The van der Waals surface area contributed by atoms with Gasteiger partial charge in [0.15, 0.2) is 0 Å². The second-order valence-electron chi connectivity index (χ2n) is 2.03. The van der Waals surface area contributed by atoms with E-state index in [9.17, 15) is 0 Å². The molecule has 0 radical (unpaired) electrons. The zero-order valence-electron chi connectivity index (χ0n) is 10.1. The fourth-order valence-corrected chi connectivity index (χ4v) is 0. The molecular weight excluding hydrogens is 1180 g/mol. The van der Waals surface area contributed by atoms with Gasteiger partial charge in [-0.2, -0.15) is 0 Å². The van der Waals surface area contributed by atoms with Crippen LogP contribution in [0, 0.1) is 0 Å². The Kier molecular flexibility index (Phi) is 18.5. The molecule has 24 heavy (non-hydrogen) atoms. The second kappa shape index (κ2) is 9.82. The van der Waals surface area contributed by atoms with Gasteiger partial charge < -0.3 is 12.3 Å². The van der Waals surface area contributed by atoms with Gasteiger partial charge in [0.2, 0.25) is 0 Å². The van der Waals surface area contributed by atoms with Gasteiger partial charge in [0.25, 0.3) is 0 Å². The van der Waals surface area contributed by atoms with Crippen LogP contribution in [0.3, 0.4) is 0 Å². The summed E-state index contributed by atoms with van der Waals surface area (Å²) in [6.07, 6.45) is 0. The quantitative estimate of drug-likeness (QED) is 0.227. The maximum absolute atomic E-state index is 5.08. The Morgan fingerprint density at radius 1 is 0.250 bits per heavy atom. The smallest absolute Gasteiger partial charge is 0.369 e. The molecule has 0 aromatic carbocycles. The second-order valence-corrected chi connectivity index (χ2v) is 108. The average molecular weight is 1190 g/mol. The molecule has 0 atom stereocenters. The predicted octanol–water partition coefficient (Wildman–Crippen LogP) is 13.2. The van der Waals surface area contributed by atoms with Gasteiger partial charge in [0.05, 0.1) is 0 Å². The van der Waals surface area contributed by atoms with Crippen LogP contribution in [0.1, 0.15) is 0 Å². The molecule has 0 aromatic heterocycles. The Morgan fingerprint density at radius 3 is 0.250 bits per heavy atom. The molecule has 0 aliphatic carbocycles. The fourth-order valence-electron chi connectivity index (χ4n) is 0. The number of quaternary nitrogens is 2. The van der Waals surface area contributed by atoms with Crippen molar-refractivity contribution in [2.45, 2.75) is 0 Å². The molecule has 0 spiro atoms. The van der Waals surface area contributed by atoms with Crippen LogP contribution in [0.4, 0.5) is 0 Å². The van der Waals surface area contributed by atoms with Crippen molar-refractivity contribution in [1.82, 2.24) is 12.3 Å². The summed E-state index contributed by atoms with van der Waals surface area (Å²) in [6, 6.07) is 0. The molecule has 8 N–H and O–H groups in total. The molecule has 0 unspecified atom stereocenters. The molecule has 0 aromatic rings. The molecule has 0 saturated heterocycles. The van der Waals surface area contributed by atoms with Crippen LogP contribution in [0.2, 0.25) is 0 Å². The van der Waals surface area contributed by atoms with Crippen LogP contribution in [0.15, 0.2) is 0 Å². The molecule has 0 aliphatic heterocycles. The van der Waals surface area contributed by atoms with E-state index in [-0.39, 0.29) is 33.4 Å². The predicted molar refractivity (Wildman–Crippen MR) is 117 cm³/mol. The Bertz CT molecular complexity index is 275.